The largest absolute Gasteiger partial charge is 0.478 e. The fraction of sp³-hybridized carbons (Fsp3) is 0. The number of nitrogens with two attached hydrogens (primary N) is 2. The van der Waals surface area contributed by atoms with Gasteiger partial charge in [-0.05, 0) is 12.1 Å². The van der Waals surface area contributed by atoms with Crippen molar-refractivity contribution in [1.29, 1.82) is 0 Å². The van der Waals surface area contributed by atoms with E-state index in [1.54, 1.807) is 36.9 Å². The summed E-state index contributed by atoms with van der Waals surface area (Å²) in [5.41, 5.74) is 10.3. The van der Waals surface area contributed by atoms with E-state index in [-0.39, 0.29) is 0 Å². The molecule has 14 nitrogen and oxygen atoms in total. The number of hydrogen-bond acceptors (Lipinski definition) is 10. The Morgan fingerprint density at radius 2 is 0.767 bits per heavy atom. The third kappa shape index (κ3) is 25.4. The van der Waals surface area contributed by atoms with Crippen LogP contribution in [0.2, 0.25) is 0 Å². The standard InChI is InChI=1S/2C4H5N3.2C4H4O4/c2*5-4-6-2-1-3-7-4;2*5-3(6)1-2-4(7)8/h2*1-3H,(H2,5,6,7);2*1-2H,(H,5,6)(H,7,8)/b;;2*2-1+. The van der Waals surface area contributed by atoms with Gasteiger partial charge in [0, 0.05) is 49.1 Å². The molecule has 0 amide bonds. The second-order valence-electron chi connectivity index (χ2n) is 4.23. The number of aromatic nitrogens is 4. The molecule has 2 rings (SSSR count). The quantitative estimate of drug-likeness (QED) is 0.341. The van der Waals surface area contributed by atoms with Crippen molar-refractivity contribution in [1.82, 2.24) is 19.9 Å². The van der Waals surface area contributed by atoms with Crippen molar-refractivity contribution in [2.45, 2.75) is 0 Å². The molecule has 2 aromatic rings. The highest BCUT2D eigenvalue weighted by molar-refractivity contribution is 5.90. The number of aliphatic carboxylic acids is 4. The average molecular weight is 422 g/mol. The maximum atomic E-state index is 9.55. The van der Waals surface area contributed by atoms with E-state index < -0.39 is 23.9 Å². The molecule has 0 saturated carbocycles. The first-order valence-electron chi connectivity index (χ1n) is 7.37. The molecule has 0 atom stereocenters. The van der Waals surface area contributed by atoms with Crippen LogP contribution in [0.4, 0.5) is 11.9 Å². The van der Waals surface area contributed by atoms with Crippen LogP contribution in [0, 0.1) is 0 Å². The highest BCUT2D eigenvalue weighted by Crippen LogP contribution is 1.82. The Morgan fingerprint density at radius 3 is 0.867 bits per heavy atom. The summed E-state index contributed by atoms with van der Waals surface area (Å²) < 4.78 is 0. The molecule has 2 aromatic heterocycles. The van der Waals surface area contributed by atoms with Gasteiger partial charge in [-0.3, -0.25) is 0 Å². The lowest BCUT2D eigenvalue weighted by Gasteiger charge is -1.82. The molecule has 0 aliphatic rings. The summed E-state index contributed by atoms with van der Waals surface area (Å²) in [5, 5.41) is 31.2. The minimum atomic E-state index is -1.26. The van der Waals surface area contributed by atoms with Crippen molar-refractivity contribution >= 4 is 35.8 Å². The Morgan fingerprint density at radius 1 is 0.567 bits per heavy atom. The topological polar surface area (TPSA) is 253 Å². The number of nitrogen functional groups attached to an aromatic ring is 2. The molecule has 2 heterocycles. The van der Waals surface area contributed by atoms with Crippen LogP contribution in [0.25, 0.3) is 0 Å². The molecule has 0 fully saturated rings. The van der Waals surface area contributed by atoms with Crippen LogP contribution >= 0.6 is 0 Å². The minimum Gasteiger partial charge on any atom is -0.478 e. The predicted octanol–water partition coefficient (Wildman–Crippen LogP) is -0.459. The Bertz CT molecular complexity index is 740. The van der Waals surface area contributed by atoms with Gasteiger partial charge in [0.1, 0.15) is 0 Å². The van der Waals surface area contributed by atoms with Gasteiger partial charge in [0.2, 0.25) is 11.9 Å². The molecule has 8 N–H and O–H groups in total. The van der Waals surface area contributed by atoms with E-state index in [2.05, 4.69) is 19.9 Å². The molecule has 0 aliphatic carbocycles. The molecule has 0 aliphatic heterocycles. The molecule has 0 unspecified atom stereocenters. The number of anilines is 2. The average Bonchev–Trinajstić information content (AvgIpc) is 2.67. The van der Waals surface area contributed by atoms with Gasteiger partial charge >= 0.3 is 23.9 Å². The van der Waals surface area contributed by atoms with E-state index in [4.69, 9.17) is 31.9 Å². The number of carboxylic acids is 4. The third-order valence-corrected chi connectivity index (χ3v) is 1.91. The van der Waals surface area contributed by atoms with Crippen LogP contribution in [0.1, 0.15) is 0 Å². The molecule has 0 spiro atoms. The Labute approximate surface area is 168 Å². The van der Waals surface area contributed by atoms with Crippen LogP contribution in [0.3, 0.4) is 0 Å². The van der Waals surface area contributed by atoms with Crippen molar-refractivity contribution < 1.29 is 39.6 Å². The maximum absolute atomic E-state index is 9.55. The molecule has 0 radical (unpaired) electrons. The third-order valence-electron chi connectivity index (χ3n) is 1.91. The van der Waals surface area contributed by atoms with Crippen molar-refractivity contribution in [2.24, 2.45) is 0 Å². The molecular formula is C16H18N6O8. The fourth-order valence-electron chi connectivity index (χ4n) is 0.906. The number of carbonyl (C=O) groups is 4. The zero-order valence-electron chi connectivity index (χ0n) is 15.1. The van der Waals surface area contributed by atoms with Crippen LogP contribution in [-0.4, -0.2) is 64.2 Å². The predicted molar refractivity (Wildman–Crippen MR) is 102 cm³/mol. The van der Waals surface area contributed by atoms with E-state index >= 15 is 0 Å². The summed E-state index contributed by atoms with van der Waals surface area (Å²) in [6.07, 6.45) is 8.63. The summed E-state index contributed by atoms with van der Waals surface area (Å²) in [7, 11) is 0. The summed E-state index contributed by atoms with van der Waals surface area (Å²) in [5.74, 6) is -4.38. The van der Waals surface area contributed by atoms with Crippen molar-refractivity contribution in [3.8, 4) is 0 Å². The van der Waals surface area contributed by atoms with Gasteiger partial charge in [0.25, 0.3) is 0 Å². The zero-order chi connectivity index (χ0) is 23.4. The number of nitrogens with zero attached hydrogens (tertiary/aromatic N) is 4. The van der Waals surface area contributed by atoms with Gasteiger partial charge in [0.15, 0.2) is 0 Å². The highest BCUT2D eigenvalue weighted by atomic mass is 16.4. The Hall–Kier alpha value is -4.88. The van der Waals surface area contributed by atoms with E-state index in [1.165, 1.54) is 0 Å². The van der Waals surface area contributed by atoms with Crippen LogP contribution in [0.15, 0.2) is 61.2 Å². The molecule has 0 saturated heterocycles. The number of carboxylic acid groups (broad SMARTS) is 4. The van der Waals surface area contributed by atoms with Crippen molar-refractivity contribution in [2.75, 3.05) is 11.5 Å². The first-order valence-corrected chi connectivity index (χ1v) is 7.37. The molecule has 30 heavy (non-hydrogen) atoms. The normalized spacial score (nSPS) is 9.07. The first-order chi connectivity index (χ1) is 14.0. The second-order valence-corrected chi connectivity index (χ2v) is 4.23. The molecule has 0 bridgehead atoms. The number of rotatable bonds is 4. The SMILES string of the molecule is Nc1ncccn1.Nc1ncccn1.O=C(O)/C=C/C(=O)O.O=C(O)/C=C/C(=O)O. The fourth-order valence-corrected chi connectivity index (χ4v) is 0.906. The lowest BCUT2D eigenvalue weighted by atomic mass is 10.5. The van der Waals surface area contributed by atoms with E-state index in [0.29, 0.717) is 36.2 Å². The van der Waals surface area contributed by atoms with Crippen LogP contribution in [0.5, 0.6) is 0 Å². The summed E-state index contributed by atoms with van der Waals surface area (Å²) in [4.78, 5) is 52.8. The van der Waals surface area contributed by atoms with Gasteiger partial charge in [-0.1, -0.05) is 0 Å². The van der Waals surface area contributed by atoms with Gasteiger partial charge in [-0.25, -0.2) is 39.1 Å². The maximum Gasteiger partial charge on any atom is 0.328 e. The molecule has 14 heteroatoms. The van der Waals surface area contributed by atoms with Crippen LogP contribution in [-0.2, 0) is 19.2 Å². The van der Waals surface area contributed by atoms with Gasteiger partial charge in [-0.15, -0.1) is 0 Å². The summed E-state index contributed by atoms with van der Waals surface area (Å²) in [6.45, 7) is 0. The number of hydrogen-bond donors (Lipinski definition) is 6. The van der Waals surface area contributed by atoms with Crippen LogP contribution < -0.4 is 11.5 Å². The zero-order valence-corrected chi connectivity index (χ0v) is 15.1. The van der Waals surface area contributed by atoms with E-state index in [1.807, 2.05) is 0 Å². The summed E-state index contributed by atoms with van der Waals surface area (Å²) in [6, 6.07) is 3.44. The second kappa shape index (κ2) is 17.5. The minimum absolute atomic E-state index is 0.322. The van der Waals surface area contributed by atoms with Crippen molar-refractivity contribution in [3.63, 3.8) is 0 Å². The Kier molecular flexibility index (Phi) is 16.0. The van der Waals surface area contributed by atoms with Gasteiger partial charge in [-0.2, -0.15) is 0 Å². The molecule has 160 valence electrons. The van der Waals surface area contributed by atoms with E-state index in [0.717, 1.165) is 0 Å². The van der Waals surface area contributed by atoms with Crippen molar-refractivity contribution in [3.05, 3.63) is 61.2 Å². The first kappa shape index (κ1) is 27.3. The summed E-state index contributed by atoms with van der Waals surface area (Å²) >= 11 is 0. The highest BCUT2D eigenvalue weighted by Gasteiger charge is 1.88. The molecular weight excluding hydrogens is 404 g/mol. The lowest BCUT2D eigenvalue weighted by molar-refractivity contribution is -0.134. The monoisotopic (exact) mass is 422 g/mol. The Balaban J connectivity index is 0. The van der Waals surface area contributed by atoms with E-state index in [9.17, 15) is 19.2 Å². The molecule has 0 aromatic carbocycles. The smallest absolute Gasteiger partial charge is 0.328 e. The van der Waals surface area contributed by atoms with Gasteiger partial charge < -0.3 is 31.9 Å². The lowest BCUT2D eigenvalue weighted by Crippen LogP contribution is -1.91. The van der Waals surface area contributed by atoms with Gasteiger partial charge in [0.05, 0.1) is 0 Å².